The number of aliphatic imine (C=N–C) groups is 1. The number of aryl methyl sites for hydroxylation is 1. The molecule has 0 unspecified atom stereocenters. The van der Waals surface area contributed by atoms with E-state index in [9.17, 15) is 0 Å². The fourth-order valence-electron chi connectivity index (χ4n) is 1.92. The number of rotatable bonds is 8. The Morgan fingerprint density at radius 2 is 2.00 bits per heavy atom. The fraction of sp³-hybridized carbons (Fsp3) is 0.588. The maximum absolute atomic E-state index is 6.32. The summed E-state index contributed by atoms with van der Waals surface area (Å²) in [5.74, 6) is 0.762. The van der Waals surface area contributed by atoms with Gasteiger partial charge in [0.1, 0.15) is 5.75 Å². The van der Waals surface area contributed by atoms with Crippen LogP contribution in [0.3, 0.4) is 0 Å². The summed E-state index contributed by atoms with van der Waals surface area (Å²) in [6.07, 6.45) is 2.92. The lowest BCUT2D eigenvalue weighted by atomic mass is 10.2. The Bertz CT molecular complexity index is 512. The molecule has 3 nitrogen and oxygen atoms in total. The van der Waals surface area contributed by atoms with Gasteiger partial charge in [0, 0.05) is 21.7 Å². The highest BCUT2D eigenvalue weighted by Crippen LogP contribution is 2.32. The van der Waals surface area contributed by atoms with Gasteiger partial charge in [-0.05, 0) is 38.0 Å². The summed E-state index contributed by atoms with van der Waals surface area (Å²) < 4.78 is 5.84. The summed E-state index contributed by atoms with van der Waals surface area (Å²) in [6, 6.07) is 5.13. The molecule has 0 fully saturated rings. The van der Waals surface area contributed by atoms with Crippen LogP contribution >= 0.6 is 11.6 Å². The lowest BCUT2D eigenvalue weighted by Gasteiger charge is -2.16. The van der Waals surface area contributed by atoms with E-state index in [0.29, 0.717) is 5.02 Å². The van der Waals surface area contributed by atoms with E-state index in [1.165, 1.54) is 6.04 Å². The molecule has 0 aliphatic carbocycles. The van der Waals surface area contributed by atoms with Gasteiger partial charge in [-0.2, -0.15) is 0 Å². The Hall–Kier alpha value is -1.00. The van der Waals surface area contributed by atoms with E-state index >= 15 is 0 Å². The first-order chi connectivity index (χ1) is 10.2. The summed E-state index contributed by atoms with van der Waals surface area (Å²) in [4.78, 5) is 6.50. The van der Waals surface area contributed by atoms with Gasteiger partial charge in [0.05, 0.1) is 23.7 Å². The second-order valence-electron chi connectivity index (χ2n) is 6.90. The first-order valence-electron chi connectivity index (χ1n) is 7.90. The van der Waals surface area contributed by atoms with E-state index in [1.807, 2.05) is 37.3 Å². The minimum atomic E-state index is -0.991. The topological polar surface area (TPSA) is 24.8 Å². The molecule has 0 bridgehead atoms. The van der Waals surface area contributed by atoms with Crippen LogP contribution < -0.4 is 4.74 Å². The third-order valence-electron chi connectivity index (χ3n) is 3.47. The van der Waals surface area contributed by atoms with Crippen molar-refractivity contribution >= 4 is 31.7 Å². The molecule has 0 spiro atoms. The van der Waals surface area contributed by atoms with E-state index in [-0.39, 0.29) is 0 Å². The van der Waals surface area contributed by atoms with Crippen molar-refractivity contribution in [3.05, 3.63) is 22.7 Å². The smallest absolute Gasteiger partial charge is 0.138 e. The van der Waals surface area contributed by atoms with Gasteiger partial charge in [0.2, 0.25) is 0 Å². The lowest BCUT2D eigenvalue weighted by molar-refractivity contribution is 0.317. The van der Waals surface area contributed by atoms with Crippen molar-refractivity contribution in [2.45, 2.75) is 46.0 Å². The van der Waals surface area contributed by atoms with E-state index in [1.54, 1.807) is 0 Å². The van der Waals surface area contributed by atoms with E-state index in [2.05, 4.69) is 31.6 Å². The Morgan fingerprint density at radius 3 is 2.59 bits per heavy atom. The van der Waals surface area contributed by atoms with Crippen LogP contribution in [0.4, 0.5) is 5.69 Å². The van der Waals surface area contributed by atoms with Gasteiger partial charge in [0.15, 0.2) is 0 Å². The Balaban J connectivity index is 2.67. The monoisotopic (exact) mass is 340 g/mol. The molecule has 0 amide bonds. The molecule has 0 saturated carbocycles. The van der Waals surface area contributed by atoms with Gasteiger partial charge < -0.3 is 9.64 Å². The van der Waals surface area contributed by atoms with Crippen LogP contribution in [0.25, 0.3) is 0 Å². The van der Waals surface area contributed by atoms with Crippen LogP contribution in [0, 0.1) is 6.92 Å². The summed E-state index contributed by atoms with van der Waals surface area (Å²) in [7, 11) is 1.01. The van der Waals surface area contributed by atoms with Crippen molar-refractivity contribution in [2.75, 3.05) is 20.2 Å². The van der Waals surface area contributed by atoms with Crippen LogP contribution in [-0.2, 0) is 0 Å². The van der Waals surface area contributed by atoms with Crippen molar-refractivity contribution in [1.29, 1.82) is 0 Å². The molecule has 22 heavy (non-hydrogen) atoms. The largest absolute Gasteiger partial charge is 0.492 e. The third-order valence-corrected chi connectivity index (χ3v) is 5.62. The molecule has 0 atom stereocenters. The molecule has 1 aromatic rings. The molecule has 0 saturated heterocycles. The van der Waals surface area contributed by atoms with Crippen LogP contribution in [0.2, 0.25) is 30.7 Å². The van der Waals surface area contributed by atoms with Crippen LogP contribution in [0.1, 0.15) is 18.9 Å². The molecule has 124 valence electrons. The number of benzene rings is 1. The maximum atomic E-state index is 6.32. The highest BCUT2D eigenvalue weighted by atomic mass is 35.5. The number of nitrogens with zero attached hydrogens (tertiary/aromatic N) is 2. The second-order valence-corrected chi connectivity index (χ2v) is 12.9. The van der Waals surface area contributed by atoms with Gasteiger partial charge in [-0.15, -0.1) is 0 Å². The highest BCUT2D eigenvalue weighted by Gasteiger charge is 2.12. The minimum absolute atomic E-state index is 0.630. The van der Waals surface area contributed by atoms with Crippen molar-refractivity contribution < 1.29 is 4.74 Å². The van der Waals surface area contributed by atoms with Gasteiger partial charge in [-0.1, -0.05) is 37.3 Å². The second kappa shape index (κ2) is 8.58. The van der Waals surface area contributed by atoms with Gasteiger partial charge >= 0.3 is 0 Å². The fourth-order valence-corrected chi connectivity index (χ4v) is 3.34. The van der Waals surface area contributed by atoms with E-state index < -0.39 is 8.07 Å². The molecule has 0 radical (unpaired) electrons. The molecule has 0 aliphatic heterocycles. The highest BCUT2D eigenvalue weighted by molar-refractivity contribution is 6.76. The van der Waals surface area contributed by atoms with E-state index in [4.69, 9.17) is 16.3 Å². The predicted molar refractivity (Wildman–Crippen MR) is 101 cm³/mol. The zero-order valence-corrected chi connectivity index (χ0v) is 16.5. The summed E-state index contributed by atoms with van der Waals surface area (Å²) >= 11 is 6.32. The minimum Gasteiger partial charge on any atom is -0.492 e. The molecule has 1 aromatic carbocycles. The summed E-state index contributed by atoms with van der Waals surface area (Å²) in [5, 5.41) is 0.630. The van der Waals surface area contributed by atoms with Gasteiger partial charge in [-0.3, -0.25) is 0 Å². The normalized spacial score (nSPS) is 12.0. The molecular weight excluding hydrogens is 312 g/mol. The molecule has 0 heterocycles. The van der Waals surface area contributed by atoms with Gasteiger partial charge in [0.25, 0.3) is 0 Å². The average molecular weight is 341 g/mol. The van der Waals surface area contributed by atoms with E-state index in [0.717, 1.165) is 36.6 Å². The third kappa shape index (κ3) is 6.84. The molecular formula is C17H29ClN2OSi. The van der Waals surface area contributed by atoms with Crippen molar-refractivity contribution in [1.82, 2.24) is 4.90 Å². The lowest BCUT2D eigenvalue weighted by Crippen LogP contribution is -2.20. The van der Waals surface area contributed by atoms with Crippen molar-refractivity contribution in [3.8, 4) is 5.75 Å². The standard InChI is InChI=1S/C17H29ClN2OSi/c1-7-20(3)13-19-16-12-15(18)17(11-14(16)2)21-9-8-10-22(4,5)6/h11-13H,7-10H2,1-6H3/b19-13+. The van der Waals surface area contributed by atoms with Crippen molar-refractivity contribution in [2.24, 2.45) is 4.99 Å². The Kier molecular flexibility index (Phi) is 7.43. The van der Waals surface area contributed by atoms with Crippen molar-refractivity contribution in [3.63, 3.8) is 0 Å². The first-order valence-corrected chi connectivity index (χ1v) is 12.0. The molecule has 0 N–H and O–H groups in total. The number of hydrogen-bond donors (Lipinski definition) is 0. The van der Waals surface area contributed by atoms with Gasteiger partial charge in [-0.25, -0.2) is 4.99 Å². The summed E-state index contributed by atoms with van der Waals surface area (Å²) in [6.45, 7) is 12.9. The molecule has 0 aliphatic rings. The first kappa shape index (κ1) is 19.0. The zero-order chi connectivity index (χ0) is 16.8. The number of halogens is 1. The molecule has 0 aromatic heterocycles. The summed E-state index contributed by atoms with van der Waals surface area (Å²) in [5.41, 5.74) is 1.96. The SMILES string of the molecule is CCN(C)/C=N/c1cc(Cl)c(OCCC[Si](C)(C)C)cc1C. The average Bonchev–Trinajstić information content (AvgIpc) is 2.43. The van der Waals surface area contributed by atoms with Crippen LogP contribution in [0.15, 0.2) is 17.1 Å². The zero-order valence-electron chi connectivity index (χ0n) is 14.7. The quantitative estimate of drug-likeness (QED) is 0.275. The number of hydrogen-bond acceptors (Lipinski definition) is 2. The predicted octanol–water partition coefficient (Wildman–Crippen LogP) is 5.37. The van der Waals surface area contributed by atoms with Crippen LogP contribution in [-0.4, -0.2) is 39.5 Å². The van der Waals surface area contributed by atoms with Crippen LogP contribution in [0.5, 0.6) is 5.75 Å². The Morgan fingerprint density at radius 1 is 1.32 bits per heavy atom. The Labute approximate surface area is 141 Å². The molecule has 5 heteroatoms. The number of ether oxygens (including phenoxy) is 1. The maximum Gasteiger partial charge on any atom is 0.138 e. The molecule has 1 rings (SSSR count).